The average Bonchev–Trinajstić information content (AvgIpc) is 3.34. The molecule has 0 radical (unpaired) electrons. The van der Waals surface area contributed by atoms with E-state index in [1.807, 2.05) is 51.7 Å². The molecular formula is C21H25N5O2S. The fourth-order valence-corrected chi connectivity index (χ4v) is 4.33. The SMILES string of the molecule is Cc1nnc(-c2cc(CC(C)C)n(-c3cccc(C(=O)N4CCSCC4)c3)n2)o1. The number of aryl methyl sites for hydroxylation is 1. The Morgan fingerprint density at radius 2 is 2.00 bits per heavy atom. The zero-order chi connectivity index (χ0) is 20.4. The average molecular weight is 412 g/mol. The predicted octanol–water partition coefficient (Wildman–Crippen LogP) is 3.62. The minimum atomic E-state index is 0.0810. The molecule has 0 aliphatic carbocycles. The van der Waals surface area contributed by atoms with Gasteiger partial charge in [-0.3, -0.25) is 4.79 Å². The third kappa shape index (κ3) is 4.37. The van der Waals surface area contributed by atoms with E-state index in [0.29, 0.717) is 29.0 Å². The Labute approximate surface area is 174 Å². The molecule has 1 fully saturated rings. The van der Waals surface area contributed by atoms with Gasteiger partial charge in [-0.05, 0) is 36.6 Å². The molecular weight excluding hydrogens is 386 g/mol. The van der Waals surface area contributed by atoms with Gasteiger partial charge in [0.05, 0.1) is 5.69 Å². The van der Waals surface area contributed by atoms with Gasteiger partial charge < -0.3 is 9.32 Å². The monoisotopic (exact) mass is 411 g/mol. The normalized spacial score (nSPS) is 14.6. The van der Waals surface area contributed by atoms with Gasteiger partial charge in [-0.2, -0.15) is 16.9 Å². The maximum atomic E-state index is 12.9. The lowest BCUT2D eigenvalue weighted by Crippen LogP contribution is -2.37. The van der Waals surface area contributed by atoms with Crippen LogP contribution in [0.2, 0.25) is 0 Å². The van der Waals surface area contributed by atoms with Crippen molar-refractivity contribution in [2.75, 3.05) is 24.6 Å². The molecule has 1 aliphatic heterocycles. The second kappa shape index (κ2) is 8.41. The minimum absolute atomic E-state index is 0.0810. The van der Waals surface area contributed by atoms with Crippen molar-refractivity contribution in [3.63, 3.8) is 0 Å². The Bertz CT molecular complexity index is 1000. The van der Waals surface area contributed by atoms with Crippen molar-refractivity contribution in [3.8, 4) is 17.3 Å². The Hall–Kier alpha value is -2.61. The molecule has 7 nitrogen and oxygen atoms in total. The first-order valence-corrected chi connectivity index (χ1v) is 11.0. The second-order valence-corrected chi connectivity index (χ2v) is 8.84. The van der Waals surface area contributed by atoms with Gasteiger partial charge in [-0.25, -0.2) is 4.68 Å². The standard InChI is InChI=1S/C21H25N5O2S/c1-14(2)11-18-13-19(20-23-22-15(3)28-20)24-26(18)17-6-4-5-16(12-17)21(27)25-7-9-29-10-8-25/h4-6,12-14H,7-11H2,1-3H3. The number of carbonyl (C=O) groups excluding carboxylic acids is 1. The van der Waals surface area contributed by atoms with Gasteiger partial charge in [0.1, 0.15) is 5.69 Å². The lowest BCUT2D eigenvalue weighted by atomic mass is 10.1. The molecule has 1 amide bonds. The lowest BCUT2D eigenvalue weighted by molar-refractivity contribution is 0.0772. The van der Waals surface area contributed by atoms with Crippen molar-refractivity contribution < 1.29 is 9.21 Å². The summed E-state index contributed by atoms with van der Waals surface area (Å²) in [5, 5.41) is 12.7. The van der Waals surface area contributed by atoms with Crippen molar-refractivity contribution in [2.24, 2.45) is 5.92 Å². The summed E-state index contributed by atoms with van der Waals surface area (Å²) < 4.78 is 7.45. The van der Waals surface area contributed by atoms with E-state index < -0.39 is 0 Å². The van der Waals surface area contributed by atoms with Crippen LogP contribution in [0.1, 0.15) is 35.8 Å². The highest BCUT2D eigenvalue weighted by molar-refractivity contribution is 7.99. The van der Waals surface area contributed by atoms with Crippen LogP contribution >= 0.6 is 11.8 Å². The van der Waals surface area contributed by atoms with E-state index >= 15 is 0 Å². The third-order valence-corrected chi connectivity index (χ3v) is 5.72. The number of amides is 1. The Balaban J connectivity index is 1.69. The highest BCUT2D eigenvalue weighted by atomic mass is 32.2. The van der Waals surface area contributed by atoms with Gasteiger partial charge in [0, 0.05) is 42.8 Å². The largest absolute Gasteiger partial charge is 0.420 e. The molecule has 0 atom stereocenters. The van der Waals surface area contributed by atoms with Crippen molar-refractivity contribution in [2.45, 2.75) is 27.2 Å². The summed E-state index contributed by atoms with van der Waals surface area (Å²) in [6.45, 7) is 7.70. The zero-order valence-corrected chi connectivity index (χ0v) is 17.8. The van der Waals surface area contributed by atoms with Crippen molar-refractivity contribution in [1.82, 2.24) is 24.9 Å². The topological polar surface area (TPSA) is 77.1 Å². The summed E-state index contributed by atoms with van der Waals surface area (Å²) in [5.41, 5.74) is 3.24. The maximum absolute atomic E-state index is 12.9. The van der Waals surface area contributed by atoms with Crippen LogP contribution in [0.5, 0.6) is 0 Å². The molecule has 2 aromatic heterocycles. The highest BCUT2D eigenvalue weighted by Gasteiger charge is 2.20. The molecule has 29 heavy (non-hydrogen) atoms. The van der Waals surface area contributed by atoms with Gasteiger partial charge in [0.25, 0.3) is 11.8 Å². The Morgan fingerprint density at radius 3 is 2.69 bits per heavy atom. The molecule has 0 bridgehead atoms. The van der Waals surface area contributed by atoms with Gasteiger partial charge in [0.2, 0.25) is 5.89 Å². The number of hydrogen-bond acceptors (Lipinski definition) is 6. The summed E-state index contributed by atoms with van der Waals surface area (Å²) in [4.78, 5) is 14.9. The summed E-state index contributed by atoms with van der Waals surface area (Å²) in [6.07, 6.45) is 0.849. The van der Waals surface area contributed by atoms with Crippen LogP contribution in [0.25, 0.3) is 17.3 Å². The molecule has 0 unspecified atom stereocenters. The van der Waals surface area contributed by atoms with Crippen LogP contribution in [0, 0.1) is 12.8 Å². The van der Waals surface area contributed by atoms with E-state index in [0.717, 1.165) is 42.4 Å². The Morgan fingerprint density at radius 1 is 1.21 bits per heavy atom. The smallest absolute Gasteiger partial charge is 0.268 e. The zero-order valence-electron chi connectivity index (χ0n) is 17.0. The molecule has 152 valence electrons. The number of hydrogen-bond donors (Lipinski definition) is 0. The quantitative estimate of drug-likeness (QED) is 0.638. The molecule has 0 saturated carbocycles. The molecule has 0 spiro atoms. The van der Waals surface area contributed by atoms with E-state index in [1.165, 1.54) is 0 Å². The second-order valence-electron chi connectivity index (χ2n) is 7.61. The summed E-state index contributed by atoms with van der Waals surface area (Å²) >= 11 is 1.89. The van der Waals surface area contributed by atoms with E-state index in [-0.39, 0.29) is 5.91 Å². The summed E-state index contributed by atoms with van der Waals surface area (Å²) in [6, 6.07) is 9.68. The predicted molar refractivity (Wildman–Crippen MR) is 113 cm³/mol. The van der Waals surface area contributed by atoms with Crippen molar-refractivity contribution >= 4 is 17.7 Å². The van der Waals surface area contributed by atoms with Crippen LogP contribution < -0.4 is 0 Å². The fourth-order valence-electron chi connectivity index (χ4n) is 3.43. The number of carbonyl (C=O) groups is 1. The van der Waals surface area contributed by atoms with Crippen molar-refractivity contribution in [3.05, 3.63) is 47.5 Å². The number of thioether (sulfide) groups is 1. The van der Waals surface area contributed by atoms with Crippen LogP contribution in [-0.4, -0.2) is 55.4 Å². The van der Waals surface area contributed by atoms with Crippen molar-refractivity contribution in [1.29, 1.82) is 0 Å². The minimum Gasteiger partial charge on any atom is -0.420 e. The first-order valence-electron chi connectivity index (χ1n) is 9.88. The number of rotatable bonds is 5. The Kier molecular flexibility index (Phi) is 5.71. The van der Waals surface area contributed by atoms with Crippen LogP contribution in [0.3, 0.4) is 0 Å². The molecule has 1 aliphatic rings. The van der Waals surface area contributed by atoms with E-state index in [4.69, 9.17) is 9.52 Å². The number of benzene rings is 1. The van der Waals surface area contributed by atoms with Gasteiger partial charge in [-0.15, -0.1) is 10.2 Å². The number of nitrogens with zero attached hydrogens (tertiary/aromatic N) is 5. The van der Waals surface area contributed by atoms with Gasteiger partial charge >= 0.3 is 0 Å². The molecule has 8 heteroatoms. The fraction of sp³-hybridized carbons (Fsp3) is 0.429. The lowest BCUT2D eigenvalue weighted by Gasteiger charge is -2.26. The highest BCUT2D eigenvalue weighted by Crippen LogP contribution is 2.24. The first kappa shape index (κ1) is 19.7. The number of aromatic nitrogens is 4. The van der Waals surface area contributed by atoms with E-state index in [2.05, 4.69) is 24.0 Å². The van der Waals surface area contributed by atoms with Crippen LogP contribution in [-0.2, 0) is 6.42 Å². The van der Waals surface area contributed by atoms with Crippen LogP contribution in [0.4, 0.5) is 0 Å². The van der Waals surface area contributed by atoms with Crippen LogP contribution in [0.15, 0.2) is 34.7 Å². The van der Waals surface area contributed by atoms with E-state index in [1.54, 1.807) is 6.92 Å². The first-order chi connectivity index (χ1) is 14.0. The summed E-state index contributed by atoms with van der Waals surface area (Å²) in [7, 11) is 0. The molecule has 1 aromatic carbocycles. The van der Waals surface area contributed by atoms with Gasteiger partial charge in [0.15, 0.2) is 0 Å². The molecule has 4 rings (SSSR count). The molecule has 1 saturated heterocycles. The van der Waals surface area contributed by atoms with E-state index in [9.17, 15) is 4.79 Å². The van der Waals surface area contributed by atoms with Gasteiger partial charge in [-0.1, -0.05) is 19.9 Å². The molecule has 0 N–H and O–H groups in total. The molecule has 3 aromatic rings. The maximum Gasteiger partial charge on any atom is 0.268 e. The third-order valence-electron chi connectivity index (χ3n) is 4.78. The molecule has 3 heterocycles. The summed E-state index contributed by atoms with van der Waals surface area (Å²) in [5.74, 6) is 3.44.